The summed E-state index contributed by atoms with van der Waals surface area (Å²) in [5, 5.41) is 36.5. The van der Waals surface area contributed by atoms with Crippen molar-refractivity contribution in [1.29, 1.82) is 0 Å². The smallest absolute Gasteiger partial charge is 0.337 e. The fraction of sp³-hybridized carbons (Fsp3) is 0. The number of aromatic carboxylic acids is 1. The topological polar surface area (TPSA) is 108 Å². The Hall–Kier alpha value is -3.09. The summed E-state index contributed by atoms with van der Waals surface area (Å²) in [6.45, 7) is 0. The first-order valence-corrected chi connectivity index (χ1v) is 5.67. The maximum absolute atomic E-state index is 11.0. The van der Waals surface area contributed by atoms with Crippen molar-refractivity contribution < 1.29 is 20.1 Å². The van der Waals surface area contributed by atoms with Gasteiger partial charge in [-0.15, -0.1) is 10.2 Å². The number of rotatable bonds is 2. The van der Waals surface area contributed by atoms with Crippen molar-refractivity contribution in [2.24, 2.45) is 0 Å². The highest BCUT2D eigenvalue weighted by Crippen LogP contribution is 2.35. The standard InChI is InChI=1S/C13H9N3O4/c17-8-2-1-3-9(18)11(8)12-15-14-10-5-4-7(13(19)20)6-16(10)12/h1-6,17-18H,(H,19,20). The van der Waals surface area contributed by atoms with Crippen LogP contribution >= 0.6 is 0 Å². The van der Waals surface area contributed by atoms with Gasteiger partial charge < -0.3 is 15.3 Å². The largest absolute Gasteiger partial charge is 0.507 e. The molecule has 0 aliphatic rings. The van der Waals surface area contributed by atoms with E-state index in [-0.39, 0.29) is 28.5 Å². The highest BCUT2D eigenvalue weighted by Gasteiger charge is 2.17. The second-order valence-electron chi connectivity index (χ2n) is 4.15. The molecule has 7 nitrogen and oxygen atoms in total. The zero-order valence-corrected chi connectivity index (χ0v) is 10.1. The van der Waals surface area contributed by atoms with Gasteiger partial charge in [-0.05, 0) is 24.3 Å². The summed E-state index contributed by atoms with van der Waals surface area (Å²) in [5.74, 6) is -1.26. The molecule has 3 N–H and O–H groups in total. The molecular formula is C13H9N3O4. The predicted molar refractivity (Wildman–Crippen MR) is 68.7 cm³/mol. The Kier molecular flexibility index (Phi) is 2.53. The number of nitrogens with zero attached hydrogens (tertiary/aromatic N) is 3. The minimum absolute atomic E-state index is 0.0495. The third-order valence-electron chi connectivity index (χ3n) is 2.89. The molecule has 1 aromatic carbocycles. The molecule has 0 aliphatic heterocycles. The first kappa shape index (κ1) is 12.0. The van der Waals surface area contributed by atoms with E-state index in [0.717, 1.165) is 0 Å². The third kappa shape index (κ3) is 1.72. The molecule has 0 unspecified atom stereocenters. The van der Waals surface area contributed by atoms with Gasteiger partial charge in [0.2, 0.25) is 0 Å². The van der Waals surface area contributed by atoms with E-state index in [4.69, 9.17) is 5.11 Å². The van der Waals surface area contributed by atoms with Gasteiger partial charge in [-0.1, -0.05) is 6.07 Å². The van der Waals surface area contributed by atoms with E-state index in [1.54, 1.807) is 0 Å². The molecule has 0 fully saturated rings. The number of aromatic hydroxyl groups is 2. The van der Waals surface area contributed by atoms with Crippen LogP contribution in [0, 0.1) is 0 Å². The second kappa shape index (κ2) is 4.23. The highest BCUT2D eigenvalue weighted by atomic mass is 16.4. The van der Waals surface area contributed by atoms with E-state index < -0.39 is 5.97 Å². The molecule has 0 radical (unpaired) electrons. The molecule has 0 bridgehead atoms. The molecule has 100 valence electrons. The predicted octanol–water partition coefficient (Wildman–Crippen LogP) is 1.51. The maximum atomic E-state index is 11.0. The van der Waals surface area contributed by atoms with Gasteiger partial charge in [-0.2, -0.15) is 0 Å². The van der Waals surface area contributed by atoms with Crippen LogP contribution in [0.4, 0.5) is 0 Å². The fourth-order valence-electron chi connectivity index (χ4n) is 1.95. The lowest BCUT2D eigenvalue weighted by atomic mass is 10.1. The monoisotopic (exact) mass is 271 g/mol. The molecule has 3 aromatic rings. The van der Waals surface area contributed by atoms with Crippen LogP contribution in [0.5, 0.6) is 11.5 Å². The number of hydrogen-bond donors (Lipinski definition) is 3. The molecule has 0 amide bonds. The van der Waals surface area contributed by atoms with Crippen LogP contribution in [0.25, 0.3) is 17.0 Å². The van der Waals surface area contributed by atoms with Gasteiger partial charge in [-0.25, -0.2) is 4.79 Å². The van der Waals surface area contributed by atoms with Gasteiger partial charge in [-0.3, -0.25) is 4.40 Å². The molecule has 0 saturated heterocycles. The molecule has 7 heteroatoms. The zero-order valence-electron chi connectivity index (χ0n) is 10.1. The molecule has 20 heavy (non-hydrogen) atoms. The average Bonchev–Trinajstić information content (AvgIpc) is 2.81. The summed E-state index contributed by atoms with van der Waals surface area (Å²) in [6, 6.07) is 7.19. The van der Waals surface area contributed by atoms with E-state index >= 15 is 0 Å². The van der Waals surface area contributed by atoms with Gasteiger partial charge in [0.15, 0.2) is 11.5 Å². The summed E-state index contributed by atoms with van der Waals surface area (Å²) < 4.78 is 1.40. The lowest BCUT2D eigenvalue weighted by Crippen LogP contribution is -1.99. The Labute approximate surface area is 112 Å². The fourth-order valence-corrected chi connectivity index (χ4v) is 1.95. The number of phenolic OH excluding ortho intramolecular Hbond substituents is 2. The first-order chi connectivity index (χ1) is 9.58. The Bertz CT molecular complexity index is 805. The third-order valence-corrected chi connectivity index (χ3v) is 2.89. The number of benzene rings is 1. The first-order valence-electron chi connectivity index (χ1n) is 5.67. The summed E-state index contributed by atoms with van der Waals surface area (Å²) in [6.07, 6.45) is 1.33. The van der Waals surface area contributed by atoms with Crippen LogP contribution in [0.15, 0.2) is 36.5 Å². The van der Waals surface area contributed by atoms with Gasteiger partial charge >= 0.3 is 5.97 Å². The summed E-state index contributed by atoms with van der Waals surface area (Å²) in [7, 11) is 0. The Morgan fingerprint density at radius 2 is 1.75 bits per heavy atom. The lowest BCUT2D eigenvalue weighted by molar-refractivity contribution is 0.0696. The Morgan fingerprint density at radius 3 is 2.40 bits per heavy atom. The number of carbonyl (C=O) groups is 1. The van der Waals surface area contributed by atoms with Gasteiger partial charge in [0.05, 0.1) is 5.56 Å². The summed E-state index contributed by atoms with van der Waals surface area (Å²) >= 11 is 0. The second-order valence-corrected chi connectivity index (χ2v) is 4.15. The molecule has 0 saturated carbocycles. The van der Waals surface area contributed by atoms with Crippen LogP contribution in [0.2, 0.25) is 0 Å². The minimum Gasteiger partial charge on any atom is -0.507 e. The summed E-state index contributed by atoms with van der Waals surface area (Å²) in [5.41, 5.74) is 0.559. The SMILES string of the molecule is O=C(O)c1ccc2nnc(-c3c(O)cccc3O)n2c1. The minimum atomic E-state index is -1.09. The van der Waals surface area contributed by atoms with E-state index in [9.17, 15) is 15.0 Å². The van der Waals surface area contributed by atoms with Gasteiger partial charge in [0.25, 0.3) is 0 Å². The quantitative estimate of drug-likeness (QED) is 0.652. The maximum Gasteiger partial charge on any atom is 0.337 e. The van der Waals surface area contributed by atoms with Crippen LogP contribution in [0.3, 0.4) is 0 Å². The average molecular weight is 271 g/mol. The van der Waals surface area contributed by atoms with Crippen molar-refractivity contribution in [2.75, 3.05) is 0 Å². The van der Waals surface area contributed by atoms with Crippen molar-refractivity contribution in [3.8, 4) is 22.9 Å². The Balaban J connectivity index is 2.31. The number of aromatic nitrogens is 3. The van der Waals surface area contributed by atoms with Gasteiger partial charge in [0, 0.05) is 6.20 Å². The Morgan fingerprint density at radius 1 is 1.05 bits per heavy atom. The normalized spacial score (nSPS) is 10.8. The van der Waals surface area contributed by atoms with E-state index in [1.165, 1.54) is 40.9 Å². The molecule has 0 atom stereocenters. The van der Waals surface area contributed by atoms with Crippen LogP contribution < -0.4 is 0 Å². The number of pyridine rings is 1. The number of fused-ring (bicyclic) bond motifs is 1. The number of carboxylic acid groups (broad SMARTS) is 1. The molecule has 2 heterocycles. The summed E-state index contributed by atoms with van der Waals surface area (Å²) in [4.78, 5) is 11.0. The molecule has 2 aromatic heterocycles. The molecule has 0 aliphatic carbocycles. The molecular weight excluding hydrogens is 262 g/mol. The van der Waals surface area contributed by atoms with Crippen LogP contribution in [-0.2, 0) is 0 Å². The van der Waals surface area contributed by atoms with Crippen molar-refractivity contribution >= 4 is 11.6 Å². The number of hydrogen-bond acceptors (Lipinski definition) is 5. The van der Waals surface area contributed by atoms with E-state index in [1.807, 2.05) is 0 Å². The van der Waals surface area contributed by atoms with Crippen molar-refractivity contribution in [3.63, 3.8) is 0 Å². The van der Waals surface area contributed by atoms with Crippen molar-refractivity contribution in [2.45, 2.75) is 0 Å². The molecule has 0 spiro atoms. The lowest BCUT2D eigenvalue weighted by Gasteiger charge is -2.05. The molecule has 3 rings (SSSR count). The van der Waals surface area contributed by atoms with Crippen LogP contribution in [0.1, 0.15) is 10.4 Å². The van der Waals surface area contributed by atoms with E-state index in [2.05, 4.69) is 10.2 Å². The highest BCUT2D eigenvalue weighted by molar-refractivity contribution is 5.88. The van der Waals surface area contributed by atoms with E-state index in [0.29, 0.717) is 5.65 Å². The zero-order chi connectivity index (χ0) is 14.3. The van der Waals surface area contributed by atoms with Crippen molar-refractivity contribution in [1.82, 2.24) is 14.6 Å². The van der Waals surface area contributed by atoms with Crippen LogP contribution in [-0.4, -0.2) is 35.9 Å². The van der Waals surface area contributed by atoms with Crippen molar-refractivity contribution in [3.05, 3.63) is 42.1 Å². The van der Waals surface area contributed by atoms with Gasteiger partial charge in [0.1, 0.15) is 17.1 Å². The number of phenols is 2. The number of carboxylic acids is 1.